The van der Waals surface area contributed by atoms with Gasteiger partial charge in [0.1, 0.15) is 6.04 Å². The highest BCUT2D eigenvalue weighted by Crippen LogP contribution is 2.33. The highest BCUT2D eigenvalue weighted by molar-refractivity contribution is 6.37. The molecule has 0 spiro atoms. The number of carbonyl (C=O) groups is 2. The zero-order valence-corrected chi connectivity index (χ0v) is 11.4. The molecule has 0 saturated carbocycles. The first kappa shape index (κ1) is 12.7. The smallest absolute Gasteiger partial charge is 0.312 e. The number of piperazine rings is 1. The number of anilines is 1. The number of nitrogens with one attached hydrogen (secondary N) is 1. The third-order valence-corrected chi connectivity index (χ3v) is 3.89. The maximum absolute atomic E-state index is 12.3. The predicted octanol–water partition coefficient (Wildman–Crippen LogP) is 1.73. The molecule has 3 amide bonds. The lowest BCUT2D eigenvalue weighted by molar-refractivity contribution is -0.119. The molecule has 1 aromatic rings. The number of hydrogen-bond acceptors (Lipinski definition) is 3. The minimum atomic E-state index is -0.448. The Hall–Kier alpha value is -1.30. The average Bonchev–Trinajstić information content (AvgIpc) is 2.66. The number of benzene rings is 1. The molecule has 1 unspecified atom stereocenters. The van der Waals surface area contributed by atoms with Crippen LogP contribution in [0.4, 0.5) is 10.5 Å². The summed E-state index contributed by atoms with van der Waals surface area (Å²) < 4.78 is 0. The Bertz CT molecular complexity index is 540. The maximum atomic E-state index is 12.3. The Balaban J connectivity index is 2.03. The Labute approximate surface area is 120 Å². The molecule has 3 rings (SSSR count). The first-order chi connectivity index (χ1) is 9.09. The molecule has 1 atom stereocenters. The van der Waals surface area contributed by atoms with E-state index in [1.54, 1.807) is 17.0 Å². The van der Waals surface area contributed by atoms with Crippen molar-refractivity contribution < 1.29 is 9.59 Å². The van der Waals surface area contributed by atoms with Crippen LogP contribution in [0, 0.1) is 0 Å². The van der Waals surface area contributed by atoms with E-state index in [-0.39, 0.29) is 11.9 Å². The first-order valence-corrected chi connectivity index (χ1v) is 6.65. The van der Waals surface area contributed by atoms with Crippen LogP contribution >= 0.6 is 23.2 Å². The van der Waals surface area contributed by atoms with Gasteiger partial charge >= 0.3 is 6.03 Å². The number of rotatable bonds is 1. The molecule has 2 fully saturated rings. The predicted molar refractivity (Wildman–Crippen MR) is 72.7 cm³/mol. The normalized spacial score (nSPS) is 22.9. The van der Waals surface area contributed by atoms with Crippen molar-refractivity contribution in [1.82, 2.24) is 10.2 Å². The Morgan fingerprint density at radius 3 is 2.79 bits per heavy atom. The molecule has 2 aliphatic rings. The van der Waals surface area contributed by atoms with Gasteiger partial charge in [0.15, 0.2) is 0 Å². The van der Waals surface area contributed by atoms with E-state index in [0.717, 1.165) is 4.90 Å². The van der Waals surface area contributed by atoms with Crippen LogP contribution in [0.5, 0.6) is 0 Å². The van der Waals surface area contributed by atoms with Crippen molar-refractivity contribution in [1.29, 1.82) is 0 Å². The van der Waals surface area contributed by atoms with Crippen molar-refractivity contribution in [3.8, 4) is 0 Å². The van der Waals surface area contributed by atoms with Crippen LogP contribution in [0.15, 0.2) is 18.2 Å². The van der Waals surface area contributed by atoms with E-state index in [1.165, 1.54) is 6.07 Å². The number of hydrogen-bond donors (Lipinski definition) is 1. The molecule has 2 saturated heterocycles. The highest BCUT2D eigenvalue weighted by Gasteiger charge is 2.47. The Kier molecular flexibility index (Phi) is 3.12. The lowest BCUT2D eigenvalue weighted by Gasteiger charge is -2.26. The number of amides is 3. The van der Waals surface area contributed by atoms with Crippen LogP contribution in [-0.2, 0) is 4.79 Å². The van der Waals surface area contributed by atoms with Crippen LogP contribution in [0.1, 0.15) is 0 Å². The average molecular weight is 300 g/mol. The van der Waals surface area contributed by atoms with E-state index in [0.29, 0.717) is 35.4 Å². The van der Waals surface area contributed by atoms with Crippen molar-refractivity contribution >= 4 is 40.8 Å². The summed E-state index contributed by atoms with van der Waals surface area (Å²) in [7, 11) is 0. The molecule has 0 radical (unpaired) electrons. The molecule has 1 N–H and O–H groups in total. The molecule has 19 heavy (non-hydrogen) atoms. The fraction of sp³-hybridized carbons (Fsp3) is 0.333. The van der Waals surface area contributed by atoms with Gasteiger partial charge in [0.25, 0.3) is 5.91 Å². The number of halogens is 2. The van der Waals surface area contributed by atoms with Gasteiger partial charge in [0, 0.05) is 24.7 Å². The largest absolute Gasteiger partial charge is 0.332 e. The van der Waals surface area contributed by atoms with Crippen LogP contribution in [0.25, 0.3) is 0 Å². The molecule has 0 bridgehead atoms. The van der Waals surface area contributed by atoms with E-state index in [1.807, 2.05) is 0 Å². The number of imide groups is 1. The summed E-state index contributed by atoms with van der Waals surface area (Å²) in [5, 5.41) is 3.87. The van der Waals surface area contributed by atoms with E-state index < -0.39 is 6.04 Å². The minimum Gasteiger partial charge on any atom is -0.312 e. The zero-order valence-electron chi connectivity index (χ0n) is 9.90. The number of nitrogens with zero attached hydrogens (tertiary/aromatic N) is 2. The molecule has 2 aliphatic heterocycles. The summed E-state index contributed by atoms with van der Waals surface area (Å²) in [4.78, 5) is 27.3. The molecule has 2 heterocycles. The van der Waals surface area contributed by atoms with Gasteiger partial charge < -0.3 is 10.2 Å². The summed E-state index contributed by atoms with van der Waals surface area (Å²) in [5.41, 5.74) is 0.346. The second-order valence-corrected chi connectivity index (χ2v) is 5.31. The highest BCUT2D eigenvalue weighted by atomic mass is 35.5. The van der Waals surface area contributed by atoms with Crippen LogP contribution in [-0.4, -0.2) is 42.5 Å². The molecule has 5 nitrogen and oxygen atoms in total. The summed E-state index contributed by atoms with van der Waals surface area (Å²) in [6, 6.07) is 3.95. The fourth-order valence-electron chi connectivity index (χ4n) is 2.40. The van der Waals surface area contributed by atoms with Gasteiger partial charge in [-0.05, 0) is 18.2 Å². The van der Waals surface area contributed by atoms with Crippen LogP contribution in [0.2, 0.25) is 10.0 Å². The van der Waals surface area contributed by atoms with Gasteiger partial charge in [-0.15, -0.1) is 0 Å². The summed E-state index contributed by atoms with van der Waals surface area (Å²) in [5.74, 6) is -0.263. The zero-order chi connectivity index (χ0) is 13.6. The van der Waals surface area contributed by atoms with Gasteiger partial charge in [-0.2, -0.15) is 0 Å². The maximum Gasteiger partial charge on any atom is 0.332 e. The molecule has 0 aromatic heterocycles. The molecular weight excluding hydrogens is 289 g/mol. The standard InChI is InChI=1S/C12H11Cl2N3O2/c13-7-1-2-8(14)9(5-7)17-11(18)10-6-15-3-4-16(10)12(17)19/h1-2,5,10,15H,3-4,6H2. The van der Waals surface area contributed by atoms with E-state index in [2.05, 4.69) is 5.32 Å². The van der Waals surface area contributed by atoms with Crippen molar-refractivity contribution in [2.45, 2.75) is 6.04 Å². The van der Waals surface area contributed by atoms with Gasteiger partial charge in [0.2, 0.25) is 0 Å². The van der Waals surface area contributed by atoms with Crippen LogP contribution in [0.3, 0.4) is 0 Å². The van der Waals surface area contributed by atoms with E-state index in [4.69, 9.17) is 23.2 Å². The van der Waals surface area contributed by atoms with Crippen molar-refractivity contribution in [2.24, 2.45) is 0 Å². The third kappa shape index (κ3) is 1.98. The second-order valence-electron chi connectivity index (χ2n) is 4.47. The second kappa shape index (κ2) is 4.67. The molecule has 100 valence electrons. The van der Waals surface area contributed by atoms with E-state index in [9.17, 15) is 9.59 Å². The van der Waals surface area contributed by atoms with E-state index >= 15 is 0 Å². The van der Waals surface area contributed by atoms with Gasteiger partial charge in [0.05, 0.1) is 10.7 Å². The Morgan fingerprint density at radius 1 is 1.26 bits per heavy atom. The number of urea groups is 1. The molecular formula is C12H11Cl2N3O2. The first-order valence-electron chi connectivity index (χ1n) is 5.90. The third-order valence-electron chi connectivity index (χ3n) is 3.33. The monoisotopic (exact) mass is 299 g/mol. The lowest BCUT2D eigenvalue weighted by atomic mass is 10.2. The van der Waals surface area contributed by atoms with Crippen molar-refractivity contribution in [3.05, 3.63) is 28.2 Å². The van der Waals surface area contributed by atoms with Gasteiger partial charge in [-0.3, -0.25) is 4.79 Å². The van der Waals surface area contributed by atoms with Crippen molar-refractivity contribution in [3.63, 3.8) is 0 Å². The summed E-state index contributed by atoms with van der Waals surface area (Å²) >= 11 is 12.0. The fourth-order valence-corrected chi connectivity index (χ4v) is 2.77. The number of carbonyl (C=O) groups excluding carboxylic acids is 2. The minimum absolute atomic E-state index is 0.263. The Morgan fingerprint density at radius 2 is 2.05 bits per heavy atom. The summed E-state index contributed by atoms with van der Waals surface area (Å²) in [6.07, 6.45) is 0. The SMILES string of the molecule is O=C1C2CNCCN2C(=O)N1c1cc(Cl)ccc1Cl. The molecule has 0 aliphatic carbocycles. The van der Waals surface area contributed by atoms with Gasteiger partial charge in [-0.25, -0.2) is 9.69 Å². The molecule has 1 aromatic carbocycles. The van der Waals surface area contributed by atoms with Crippen molar-refractivity contribution in [2.75, 3.05) is 24.5 Å². The quantitative estimate of drug-likeness (QED) is 0.804. The van der Waals surface area contributed by atoms with Crippen LogP contribution < -0.4 is 10.2 Å². The lowest BCUT2D eigenvalue weighted by Crippen LogP contribution is -2.51. The topological polar surface area (TPSA) is 52.7 Å². The number of fused-ring (bicyclic) bond motifs is 1. The van der Waals surface area contributed by atoms with Gasteiger partial charge in [-0.1, -0.05) is 23.2 Å². The summed E-state index contributed by atoms with van der Waals surface area (Å²) in [6.45, 7) is 1.68. The molecule has 7 heteroatoms.